The van der Waals surface area contributed by atoms with E-state index in [1.807, 2.05) is 25.1 Å². The smallest absolute Gasteiger partial charge is 0.256 e. The number of hydrogen-bond acceptors (Lipinski definition) is 3. The molecule has 0 aliphatic rings. The third-order valence-electron chi connectivity index (χ3n) is 3.17. The monoisotopic (exact) mass is 312 g/mol. The van der Waals surface area contributed by atoms with E-state index in [1.165, 1.54) is 0 Å². The van der Waals surface area contributed by atoms with E-state index in [0.29, 0.717) is 27.6 Å². The van der Waals surface area contributed by atoms with Crippen LogP contribution in [0.25, 0.3) is 11.3 Å². The van der Waals surface area contributed by atoms with Crippen LogP contribution in [-0.2, 0) is 0 Å². The first-order valence-corrected chi connectivity index (χ1v) is 7.11. The summed E-state index contributed by atoms with van der Waals surface area (Å²) in [5.41, 5.74) is 2.67. The van der Waals surface area contributed by atoms with Crippen molar-refractivity contribution in [3.63, 3.8) is 0 Å². The zero-order chi connectivity index (χ0) is 15.5. The largest absolute Gasteiger partial charge is 0.356 e. The molecule has 0 aliphatic carbocycles. The minimum absolute atomic E-state index is 0.216. The predicted molar refractivity (Wildman–Crippen MR) is 86.1 cm³/mol. The van der Waals surface area contributed by atoms with E-state index in [0.717, 1.165) is 5.69 Å². The number of anilines is 1. The maximum Gasteiger partial charge on any atom is 0.256 e. The highest BCUT2D eigenvalue weighted by Crippen LogP contribution is 2.25. The summed E-state index contributed by atoms with van der Waals surface area (Å²) in [4.78, 5) is 12.5. The van der Waals surface area contributed by atoms with Crippen molar-refractivity contribution in [3.05, 3.63) is 70.9 Å². The number of nitrogens with one attached hydrogen (secondary N) is 1. The molecule has 22 heavy (non-hydrogen) atoms. The average molecular weight is 313 g/mol. The lowest BCUT2D eigenvalue weighted by molar-refractivity contribution is 0.102. The molecule has 1 aromatic heterocycles. The maximum atomic E-state index is 12.5. The molecule has 3 aromatic rings. The van der Waals surface area contributed by atoms with Crippen molar-refractivity contribution in [3.8, 4) is 11.3 Å². The van der Waals surface area contributed by atoms with Crippen molar-refractivity contribution in [2.75, 3.05) is 5.32 Å². The van der Waals surface area contributed by atoms with Crippen LogP contribution in [0, 0.1) is 6.92 Å². The van der Waals surface area contributed by atoms with E-state index in [4.69, 9.17) is 16.1 Å². The van der Waals surface area contributed by atoms with E-state index in [1.54, 1.807) is 36.4 Å². The third kappa shape index (κ3) is 3.02. The number of halogens is 1. The van der Waals surface area contributed by atoms with Gasteiger partial charge in [-0.1, -0.05) is 35.0 Å². The molecular formula is C17H13ClN2O2. The zero-order valence-electron chi connectivity index (χ0n) is 11.8. The van der Waals surface area contributed by atoms with Crippen molar-refractivity contribution in [1.29, 1.82) is 0 Å². The Hall–Kier alpha value is -2.59. The fraction of sp³-hybridized carbons (Fsp3) is 0.0588. The SMILES string of the molecule is Cc1cc(-c2ccccc2C(=O)Nc2ccc(Cl)cc2)on1. The van der Waals surface area contributed by atoms with Gasteiger partial charge in [-0.2, -0.15) is 0 Å². The lowest BCUT2D eigenvalue weighted by Gasteiger charge is -2.08. The first-order valence-electron chi connectivity index (χ1n) is 6.73. The van der Waals surface area contributed by atoms with Gasteiger partial charge in [0.05, 0.1) is 11.3 Å². The highest BCUT2D eigenvalue weighted by molar-refractivity contribution is 6.30. The molecule has 0 saturated heterocycles. The Balaban J connectivity index is 1.91. The Morgan fingerprint density at radius 3 is 2.55 bits per heavy atom. The van der Waals surface area contributed by atoms with E-state index >= 15 is 0 Å². The highest BCUT2D eigenvalue weighted by atomic mass is 35.5. The molecule has 0 radical (unpaired) electrons. The summed E-state index contributed by atoms with van der Waals surface area (Å²) in [5, 5.41) is 7.33. The molecule has 0 aliphatic heterocycles. The van der Waals surface area contributed by atoms with E-state index in [2.05, 4.69) is 10.5 Å². The molecule has 110 valence electrons. The Labute approximate surface area is 132 Å². The van der Waals surface area contributed by atoms with Crippen molar-refractivity contribution < 1.29 is 9.32 Å². The van der Waals surface area contributed by atoms with Crippen LogP contribution in [0.5, 0.6) is 0 Å². The molecule has 3 rings (SSSR count). The molecule has 0 unspecified atom stereocenters. The van der Waals surface area contributed by atoms with E-state index in [9.17, 15) is 4.79 Å². The summed E-state index contributed by atoms with van der Waals surface area (Å²) in [6.45, 7) is 1.84. The minimum Gasteiger partial charge on any atom is -0.356 e. The quantitative estimate of drug-likeness (QED) is 0.771. The van der Waals surface area contributed by atoms with Gasteiger partial charge in [-0.25, -0.2) is 0 Å². The van der Waals surface area contributed by atoms with Gasteiger partial charge < -0.3 is 9.84 Å². The molecule has 1 heterocycles. The lowest BCUT2D eigenvalue weighted by Crippen LogP contribution is -2.12. The van der Waals surface area contributed by atoms with Crippen LogP contribution >= 0.6 is 11.6 Å². The first-order chi connectivity index (χ1) is 10.6. The molecule has 2 aromatic carbocycles. The average Bonchev–Trinajstić information content (AvgIpc) is 2.96. The van der Waals surface area contributed by atoms with Gasteiger partial charge in [0, 0.05) is 22.3 Å². The molecule has 0 atom stereocenters. The molecule has 0 fully saturated rings. The Morgan fingerprint density at radius 1 is 1.14 bits per heavy atom. The van der Waals surface area contributed by atoms with Gasteiger partial charge in [0.2, 0.25) is 0 Å². The number of carbonyl (C=O) groups excluding carboxylic acids is 1. The Morgan fingerprint density at radius 2 is 1.86 bits per heavy atom. The van der Waals surface area contributed by atoms with Crippen LogP contribution in [0.2, 0.25) is 5.02 Å². The van der Waals surface area contributed by atoms with Gasteiger partial charge in [-0.3, -0.25) is 4.79 Å². The van der Waals surface area contributed by atoms with Gasteiger partial charge in [0.15, 0.2) is 5.76 Å². The molecule has 0 spiro atoms. The standard InChI is InChI=1S/C17H13ClN2O2/c1-11-10-16(22-20-11)14-4-2-3-5-15(14)17(21)19-13-8-6-12(18)7-9-13/h2-10H,1H3,(H,19,21). The predicted octanol–water partition coefficient (Wildman–Crippen LogP) is 4.56. The molecule has 5 heteroatoms. The van der Waals surface area contributed by atoms with Gasteiger partial charge in [0.25, 0.3) is 5.91 Å². The summed E-state index contributed by atoms with van der Waals surface area (Å²) in [5.74, 6) is 0.353. The van der Waals surface area contributed by atoms with Crippen LogP contribution in [0.1, 0.15) is 16.1 Å². The van der Waals surface area contributed by atoms with E-state index < -0.39 is 0 Å². The minimum atomic E-state index is -0.216. The van der Waals surface area contributed by atoms with Crippen molar-refractivity contribution >= 4 is 23.2 Å². The number of benzene rings is 2. The molecule has 0 saturated carbocycles. The lowest BCUT2D eigenvalue weighted by atomic mass is 10.0. The van der Waals surface area contributed by atoms with Crippen molar-refractivity contribution in [2.45, 2.75) is 6.92 Å². The van der Waals surface area contributed by atoms with Crippen LogP contribution in [0.4, 0.5) is 5.69 Å². The first kappa shape index (κ1) is 14.4. The van der Waals surface area contributed by atoms with Crippen LogP contribution < -0.4 is 5.32 Å². The Bertz CT molecular complexity index is 810. The number of hydrogen-bond donors (Lipinski definition) is 1. The fourth-order valence-corrected chi connectivity index (χ4v) is 2.24. The molecular weight excluding hydrogens is 300 g/mol. The second-order valence-electron chi connectivity index (χ2n) is 4.84. The second-order valence-corrected chi connectivity index (χ2v) is 5.28. The van der Waals surface area contributed by atoms with Crippen LogP contribution in [-0.4, -0.2) is 11.1 Å². The molecule has 0 bridgehead atoms. The number of aryl methyl sites for hydroxylation is 1. The maximum absolute atomic E-state index is 12.5. The van der Waals surface area contributed by atoms with Gasteiger partial charge in [-0.15, -0.1) is 0 Å². The van der Waals surface area contributed by atoms with Crippen molar-refractivity contribution in [2.24, 2.45) is 0 Å². The van der Waals surface area contributed by atoms with Gasteiger partial charge >= 0.3 is 0 Å². The van der Waals surface area contributed by atoms with Crippen molar-refractivity contribution in [1.82, 2.24) is 5.16 Å². The summed E-state index contributed by atoms with van der Waals surface area (Å²) in [6.07, 6.45) is 0. The van der Waals surface area contributed by atoms with Gasteiger partial charge in [-0.05, 0) is 37.3 Å². The number of carbonyl (C=O) groups is 1. The Kier molecular flexibility index (Phi) is 3.94. The zero-order valence-corrected chi connectivity index (χ0v) is 12.6. The second kappa shape index (κ2) is 6.03. The third-order valence-corrected chi connectivity index (χ3v) is 3.42. The normalized spacial score (nSPS) is 10.5. The highest BCUT2D eigenvalue weighted by Gasteiger charge is 2.15. The van der Waals surface area contributed by atoms with Crippen LogP contribution in [0.15, 0.2) is 59.1 Å². The summed E-state index contributed by atoms with van der Waals surface area (Å²) in [6, 6.07) is 16.0. The fourth-order valence-electron chi connectivity index (χ4n) is 2.12. The van der Waals surface area contributed by atoms with E-state index in [-0.39, 0.29) is 5.91 Å². The van der Waals surface area contributed by atoms with Gasteiger partial charge in [0.1, 0.15) is 0 Å². The summed E-state index contributed by atoms with van der Waals surface area (Å²) >= 11 is 5.84. The number of nitrogens with zero attached hydrogens (tertiary/aromatic N) is 1. The number of amides is 1. The summed E-state index contributed by atoms with van der Waals surface area (Å²) in [7, 11) is 0. The molecule has 4 nitrogen and oxygen atoms in total. The topological polar surface area (TPSA) is 55.1 Å². The summed E-state index contributed by atoms with van der Waals surface area (Å²) < 4.78 is 5.26. The van der Waals surface area contributed by atoms with Crippen LogP contribution in [0.3, 0.4) is 0 Å². The number of rotatable bonds is 3. The molecule has 1 amide bonds. The molecule has 1 N–H and O–H groups in total. The number of aromatic nitrogens is 1.